The molecular formula is C22H23BrN2O. The predicted molar refractivity (Wildman–Crippen MR) is 110 cm³/mol. The molecule has 1 aliphatic heterocycles. The third-order valence-electron chi connectivity index (χ3n) is 5.37. The number of fused-ring (bicyclic) bond motifs is 1. The Kier molecular flexibility index (Phi) is 5.23. The van der Waals surface area contributed by atoms with Crippen molar-refractivity contribution in [2.24, 2.45) is 5.92 Å². The Morgan fingerprint density at radius 1 is 0.962 bits per heavy atom. The molecule has 26 heavy (non-hydrogen) atoms. The van der Waals surface area contributed by atoms with E-state index in [1.54, 1.807) is 6.07 Å². The van der Waals surface area contributed by atoms with Gasteiger partial charge in [0.05, 0.1) is 12.2 Å². The first-order chi connectivity index (χ1) is 12.7. The van der Waals surface area contributed by atoms with Gasteiger partial charge in [0.25, 0.3) is 0 Å². The summed E-state index contributed by atoms with van der Waals surface area (Å²) in [5.41, 5.74) is 2.52. The van der Waals surface area contributed by atoms with Gasteiger partial charge in [0, 0.05) is 35.2 Å². The van der Waals surface area contributed by atoms with Crippen molar-refractivity contribution < 1.29 is 0 Å². The lowest BCUT2D eigenvalue weighted by Gasteiger charge is -2.33. The average molecular weight is 411 g/mol. The lowest BCUT2D eigenvalue weighted by molar-refractivity contribution is 0.149. The standard InChI is InChI=1S/C22H23BrN2O/c23-20-8-4-7-19-21(26)11-14-25(22(19)20)16-24-12-9-18(10-13-24)15-17-5-2-1-3-6-17/h1-8,11,14,18H,9-10,12-13,15-16H2. The van der Waals surface area contributed by atoms with Crippen molar-refractivity contribution >= 4 is 26.8 Å². The number of para-hydroxylation sites is 1. The molecule has 0 spiro atoms. The van der Waals surface area contributed by atoms with E-state index in [4.69, 9.17) is 0 Å². The molecule has 2 heterocycles. The van der Waals surface area contributed by atoms with Crippen molar-refractivity contribution in [3.8, 4) is 0 Å². The molecule has 0 saturated carbocycles. The minimum absolute atomic E-state index is 0.0825. The van der Waals surface area contributed by atoms with Crippen molar-refractivity contribution in [1.82, 2.24) is 9.47 Å². The molecule has 3 aromatic rings. The van der Waals surface area contributed by atoms with Crippen molar-refractivity contribution in [2.75, 3.05) is 13.1 Å². The Morgan fingerprint density at radius 3 is 2.50 bits per heavy atom. The summed E-state index contributed by atoms with van der Waals surface area (Å²) in [6.07, 6.45) is 5.56. The lowest BCUT2D eigenvalue weighted by atomic mass is 9.90. The number of hydrogen-bond donors (Lipinski definition) is 0. The summed E-state index contributed by atoms with van der Waals surface area (Å²) >= 11 is 3.62. The number of nitrogens with zero attached hydrogens (tertiary/aromatic N) is 2. The largest absolute Gasteiger partial charge is 0.333 e. The zero-order valence-electron chi connectivity index (χ0n) is 14.8. The molecule has 4 rings (SSSR count). The van der Waals surface area contributed by atoms with Crippen LogP contribution in [-0.2, 0) is 13.1 Å². The van der Waals surface area contributed by atoms with Gasteiger partial charge >= 0.3 is 0 Å². The van der Waals surface area contributed by atoms with Gasteiger partial charge in [0.1, 0.15) is 0 Å². The van der Waals surface area contributed by atoms with Gasteiger partial charge in [0.2, 0.25) is 0 Å². The molecule has 3 nitrogen and oxygen atoms in total. The van der Waals surface area contributed by atoms with Crippen molar-refractivity contribution in [1.29, 1.82) is 0 Å². The molecule has 0 atom stereocenters. The Balaban J connectivity index is 1.44. The fourth-order valence-corrected chi connectivity index (χ4v) is 4.53. The van der Waals surface area contributed by atoms with Gasteiger partial charge in [-0.05, 0) is 58.8 Å². The second-order valence-corrected chi connectivity index (χ2v) is 8.03. The van der Waals surface area contributed by atoms with Gasteiger partial charge < -0.3 is 4.57 Å². The van der Waals surface area contributed by atoms with Gasteiger partial charge in [-0.3, -0.25) is 9.69 Å². The van der Waals surface area contributed by atoms with E-state index in [0.717, 1.165) is 41.1 Å². The first-order valence-corrected chi connectivity index (χ1v) is 10.0. The molecule has 4 heteroatoms. The van der Waals surface area contributed by atoms with Crippen LogP contribution in [0, 0.1) is 5.92 Å². The van der Waals surface area contributed by atoms with Crippen LogP contribution in [0.1, 0.15) is 18.4 Å². The number of likely N-dealkylation sites (tertiary alicyclic amines) is 1. The fraction of sp³-hybridized carbons (Fsp3) is 0.318. The summed E-state index contributed by atoms with van der Waals surface area (Å²) in [4.78, 5) is 14.6. The third-order valence-corrected chi connectivity index (χ3v) is 6.01. The summed E-state index contributed by atoms with van der Waals surface area (Å²) < 4.78 is 3.17. The van der Waals surface area contributed by atoms with Crippen molar-refractivity contribution in [3.05, 3.63) is 81.1 Å². The van der Waals surface area contributed by atoms with Crippen LogP contribution in [0.3, 0.4) is 0 Å². The molecular weight excluding hydrogens is 388 g/mol. The molecule has 0 aliphatic carbocycles. The molecule has 0 radical (unpaired) electrons. The Bertz CT molecular complexity index is 943. The second kappa shape index (κ2) is 7.77. The number of piperidine rings is 1. The normalized spacial score (nSPS) is 16.2. The van der Waals surface area contributed by atoms with Crippen molar-refractivity contribution in [2.45, 2.75) is 25.9 Å². The van der Waals surface area contributed by atoms with E-state index in [1.165, 1.54) is 24.8 Å². The summed E-state index contributed by atoms with van der Waals surface area (Å²) in [5.74, 6) is 0.770. The van der Waals surface area contributed by atoms with Crippen LogP contribution in [0.25, 0.3) is 10.9 Å². The molecule has 0 amide bonds. The van der Waals surface area contributed by atoms with Gasteiger partial charge in [0.15, 0.2) is 5.43 Å². The first kappa shape index (κ1) is 17.5. The molecule has 0 N–H and O–H groups in total. The molecule has 134 valence electrons. The number of hydrogen-bond acceptors (Lipinski definition) is 2. The van der Waals surface area contributed by atoms with Gasteiger partial charge in [-0.25, -0.2) is 0 Å². The maximum atomic E-state index is 12.1. The zero-order chi connectivity index (χ0) is 17.9. The highest BCUT2D eigenvalue weighted by Crippen LogP contribution is 2.25. The van der Waals surface area contributed by atoms with Crippen LogP contribution in [0.5, 0.6) is 0 Å². The highest BCUT2D eigenvalue weighted by atomic mass is 79.9. The average Bonchev–Trinajstić information content (AvgIpc) is 2.67. The first-order valence-electron chi connectivity index (χ1n) is 9.24. The fourth-order valence-electron chi connectivity index (χ4n) is 3.94. The quantitative estimate of drug-likeness (QED) is 0.623. The number of halogens is 1. The summed E-state index contributed by atoms with van der Waals surface area (Å²) in [6, 6.07) is 18.3. The van der Waals surface area contributed by atoms with E-state index >= 15 is 0 Å². The maximum absolute atomic E-state index is 12.1. The van der Waals surface area contributed by atoms with E-state index < -0.39 is 0 Å². The molecule has 1 aliphatic rings. The Morgan fingerprint density at radius 2 is 1.73 bits per heavy atom. The van der Waals surface area contributed by atoms with Crippen LogP contribution in [0.2, 0.25) is 0 Å². The van der Waals surface area contributed by atoms with Gasteiger partial charge in [-0.2, -0.15) is 0 Å². The Hall–Kier alpha value is -1.91. The lowest BCUT2D eigenvalue weighted by Crippen LogP contribution is -2.36. The minimum Gasteiger partial charge on any atom is -0.333 e. The van der Waals surface area contributed by atoms with Crippen LogP contribution in [0.4, 0.5) is 0 Å². The molecule has 2 aromatic carbocycles. The van der Waals surface area contributed by atoms with Crippen molar-refractivity contribution in [3.63, 3.8) is 0 Å². The minimum atomic E-state index is 0.0825. The smallest absolute Gasteiger partial charge is 0.189 e. The second-order valence-electron chi connectivity index (χ2n) is 7.18. The van der Waals surface area contributed by atoms with Gasteiger partial charge in [-0.1, -0.05) is 36.4 Å². The van der Waals surface area contributed by atoms with E-state index in [2.05, 4.69) is 55.7 Å². The highest BCUT2D eigenvalue weighted by molar-refractivity contribution is 9.10. The summed E-state index contributed by atoms with van der Waals surface area (Å²) in [5, 5.41) is 0.779. The predicted octanol–water partition coefficient (Wildman–Crippen LogP) is 4.68. The maximum Gasteiger partial charge on any atom is 0.189 e. The van der Waals surface area contributed by atoms with E-state index in [0.29, 0.717) is 0 Å². The topological polar surface area (TPSA) is 25.2 Å². The molecule has 1 fully saturated rings. The molecule has 0 unspecified atom stereocenters. The number of aromatic nitrogens is 1. The SMILES string of the molecule is O=c1ccn(CN2CCC(Cc3ccccc3)CC2)c2c(Br)cccc12. The van der Waals surface area contributed by atoms with Crippen LogP contribution >= 0.6 is 15.9 Å². The monoisotopic (exact) mass is 410 g/mol. The van der Waals surface area contributed by atoms with Crippen LogP contribution in [0.15, 0.2) is 70.1 Å². The van der Waals surface area contributed by atoms with E-state index in [1.807, 2.05) is 24.4 Å². The number of pyridine rings is 1. The molecule has 1 aromatic heterocycles. The summed E-state index contributed by atoms with van der Waals surface area (Å²) in [6.45, 7) is 3.04. The number of rotatable bonds is 4. The van der Waals surface area contributed by atoms with E-state index in [-0.39, 0.29) is 5.43 Å². The van der Waals surface area contributed by atoms with E-state index in [9.17, 15) is 4.79 Å². The molecule has 1 saturated heterocycles. The van der Waals surface area contributed by atoms with Gasteiger partial charge in [-0.15, -0.1) is 0 Å². The van der Waals surface area contributed by atoms with Crippen LogP contribution in [-0.4, -0.2) is 22.6 Å². The van der Waals surface area contributed by atoms with Crippen LogP contribution < -0.4 is 5.43 Å². The number of benzene rings is 2. The molecule has 0 bridgehead atoms. The Labute approximate surface area is 162 Å². The third kappa shape index (κ3) is 3.76. The zero-order valence-corrected chi connectivity index (χ0v) is 16.4. The summed E-state index contributed by atoms with van der Waals surface area (Å²) in [7, 11) is 0. The highest BCUT2D eigenvalue weighted by Gasteiger charge is 2.20.